The van der Waals surface area contributed by atoms with Crippen molar-refractivity contribution in [1.82, 2.24) is 4.90 Å². The molecule has 0 bridgehead atoms. The van der Waals surface area contributed by atoms with Crippen molar-refractivity contribution in [3.63, 3.8) is 0 Å². The first-order valence-corrected chi connectivity index (χ1v) is 7.69. The molecule has 0 aliphatic heterocycles. The molecule has 0 heterocycles. The molecule has 1 aromatic rings. The Morgan fingerprint density at radius 2 is 1.78 bits per heavy atom. The van der Waals surface area contributed by atoms with Gasteiger partial charge in [0.05, 0.1) is 21.3 Å². The van der Waals surface area contributed by atoms with Crippen molar-refractivity contribution in [2.45, 2.75) is 32.7 Å². The average Bonchev–Trinajstić information content (AvgIpc) is 2.54. The lowest BCUT2D eigenvalue weighted by atomic mass is 10.0. The van der Waals surface area contributed by atoms with Gasteiger partial charge in [-0.15, -0.1) is 6.58 Å². The first-order valence-electron chi connectivity index (χ1n) is 7.69. The Hall–Kier alpha value is -2.17. The molecule has 0 aromatic heterocycles. The minimum atomic E-state index is 0.0535. The van der Waals surface area contributed by atoms with Gasteiger partial charge in [-0.1, -0.05) is 6.08 Å². The number of likely N-dealkylation sites (N-methyl/N-ethyl adjacent to an activating group) is 1. The van der Waals surface area contributed by atoms with Crippen LogP contribution in [0.3, 0.4) is 0 Å². The predicted octanol–water partition coefficient (Wildman–Crippen LogP) is 3.07. The van der Waals surface area contributed by atoms with Crippen LogP contribution >= 0.6 is 0 Å². The molecule has 0 fully saturated rings. The normalized spacial score (nSPS) is 11.5. The summed E-state index contributed by atoms with van der Waals surface area (Å²) >= 11 is 0. The van der Waals surface area contributed by atoms with E-state index < -0.39 is 0 Å². The standard InChI is InChI=1S/C18H27NO4/c1-7-9-15(19(8-2)13(3)20)10-14-11-16(21-4)18(23-6)17(12-14)22-5/h7,11-12,15H,1,8-10H2,2-6H3/t15-/m1/s1. The van der Waals surface area contributed by atoms with Gasteiger partial charge in [-0.25, -0.2) is 0 Å². The summed E-state index contributed by atoms with van der Waals surface area (Å²) in [6.45, 7) is 8.04. The third-order valence-electron chi connectivity index (χ3n) is 3.82. The van der Waals surface area contributed by atoms with E-state index in [1.54, 1.807) is 28.3 Å². The summed E-state index contributed by atoms with van der Waals surface area (Å²) in [5, 5.41) is 0. The van der Waals surface area contributed by atoms with Gasteiger partial charge in [-0.05, 0) is 37.5 Å². The lowest BCUT2D eigenvalue weighted by Gasteiger charge is -2.29. The Morgan fingerprint density at radius 3 is 2.13 bits per heavy atom. The highest BCUT2D eigenvalue weighted by Gasteiger charge is 2.21. The maximum absolute atomic E-state index is 11.9. The maximum Gasteiger partial charge on any atom is 0.219 e. The van der Waals surface area contributed by atoms with Crippen molar-refractivity contribution in [3.05, 3.63) is 30.4 Å². The molecule has 5 nitrogen and oxygen atoms in total. The van der Waals surface area contributed by atoms with Crippen LogP contribution in [0.1, 0.15) is 25.8 Å². The number of carbonyl (C=O) groups excluding carboxylic acids is 1. The van der Waals surface area contributed by atoms with Gasteiger partial charge in [0.1, 0.15) is 0 Å². The van der Waals surface area contributed by atoms with Crippen molar-refractivity contribution in [2.75, 3.05) is 27.9 Å². The van der Waals surface area contributed by atoms with Crippen LogP contribution < -0.4 is 14.2 Å². The summed E-state index contributed by atoms with van der Waals surface area (Å²) in [7, 11) is 4.77. The summed E-state index contributed by atoms with van der Waals surface area (Å²) < 4.78 is 16.1. The number of amides is 1. The molecule has 0 radical (unpaired) electrons. The molecule has 1 aromatic carbocycles. The van der Waals surface area contributed by atoms with Gasteiger partial charge in [0.15, 0.2) is 11.5 Å². The van der Waals surface area contributed by atoms with Crippen molar-refractivity contribution in [1.29, 1.82) is 0 Å². The van der Waals surface area contributed by atoms with E-state index in [-0.39, 0.29) is 11.9 Å². The zero-order valence-corrected chi connectivity index (χ0v) is 14.7. The van der Waals surface area contributed by atoms with Crippen LogP contribution in [-0.4, -0.2) is 44.7 Å². The SMILES string of the molecule is C=CC[C@H](Cc1cc(OC)c(OC)c(OC)c1)N(CC)C(C)=O. The largest absolute Gasteiger partial charge is 0.493 e. The molecular formula is C18H27NO4. The van der Waals surface area contributed by atoms with Gasteiger partial charge in [0.25, 0.3) is 0 Å². The Morgan fingerprint density at radius 1 is 1.22 bits per heavy atom. The molecule has 0 unspecified atom stereocenters. The molecule has 0 spiro atoms. The van der Waals surface area contributed by atoms with Crippen LogP contribution in [0.15, 0.2) is 24.8 Å². The van der Waals surface area contributed by atoms with E-state index in [0.717, 1.165) is 12.0 Å². The molecule has 23 heavy (non-hydrogen) atoms. The lowest BCUT2D eigenvalue weighted by molar-refractivity contribution is -0.130. The van der Waals surface area contributed by atoms with Crippen LogP contribution in [0.2, 0.25) is 0 Å². The van der Waals surface area contributed by atoms with Gasteiger partial charge in [-0.3, -0.25) is 4.79 Å². The third kappa shape index (κ3) is 4.65. The Bertz CT molecular complexity index is 517. The van der Waals surface area contributed by atoms with Gasteiger partial charge in [0, 0.05) is 19.5 Å². The molecule has 5 heteroatoms. The summed E-state index contributed by atoms with van der Waals surface area (Å²) in [5.41, 5.74) is 1.02. The highest BCUT2D eigenvalue weighted by atomic mass is 16.5. The number of benzene rings is 1. The number of carbonyl (C=O) groups is 1. The first-order chi connectivity index (χ1) is 11.0. The number of methoxy groups -OCH3 is 3. The summed E-state index contributed by atoms with van der Waals surface area (Å²) in [6.07, 6.45) is 3.26. The molecule has 0 aliphatic rings. The monoisotopic (exact) mass is 321 g/mol. The smallest absolute Gasteiger partial charge is 0.219 e. The number of ether oxygens (including phenoxy) is 3. The van der Waals surface area contributed by atoms with Gasteiger partial charge in [-0.2, -0.15) is 0 Å². The summed E-state index contributed by atoms with van der Waals surface area (Å²) in [6, 6.07) is 3.90. The number of hydrogen-bond donors (Lipinski definition) is 0. The van der Waals surface area contributed by atoms with E-state index in [2.05, 4.69) is 6.58 Å². The molecular weight excluding hydrogens is 294 g/mol. The molecule has 128 valence electrons. The van der Waals surface area contributed by atoms with Crippen LogP contribution in [0.5, 0.6) is 17.2 Å². The van der Waals surface area contributed by atoms with Gasteiger partial charge in [0.2, 0.25) is 11.7 Å². The summed E-state index contributed by atoms with van der Waals surface area (Å²) in [4.78, 5) is 13.7. The molecule has 1 rings (SSSR count). The average molecular weight is 321 g/mol. The van der Waals surface area contributed by atoms with Crippen molar-refractivity contribution >= 4 is 5.91 Å². The topological polar surface area (TPSA) is 48.0 Å². The fourth-order valence-corrected chi connectivity index (χ4v) is 2.78. The number of nitrogens with zero attached hydrogens (tertiary/aromatic N) is 1. The van der Waals surface area contributed by atoms with E-state index in [9.17, 15) is 4.79 Å². The van der Waals surface area contributed by atoms with E-state index >= 15 is 0 Å². The number of hydrogen-bond acceptors (Lipinski definition) is 4. The van der Waals surface area contributed by atoms with Crippen molar-refractivity contribution < 1.29 is 19.0 Å². The Balaban J connectivity index is 3.17. The zero-order chi connectivity index (χ0) is 17.4. The van der Waals surface area contributed by atoms with E-state index in [1.165, 1.54) is 0 Å². The Kier molecular flexibility index (Phi) is 7.45. The predicted molar refractivity (Wildman–Crippen MR) is 91.5 cm³/mol. The Labute approximate surface area is 138 Å². The minimum Gasteiger partial charge on any atom is -0.493 e. The van der Waals surface area contributed by atoms with Gasteiger partial charge < -0.3 is 19.1 Å². The van der Waals surface area contributed by atoms with Crippen LogP contribution in [0.25, 0.3) is 0 Å². The second-order valence-corrected chi connectivity index (χ2v) is 5.22. The second-order valence-electron chi connectivity index (χ2n) is 5.22. The zero-order valence-electron chi connectivity index (χ0n) is 14.7. The maximum atomic E-state index is 11.9. The first kappa shape index (κ1) is 18.9. The van der Waals surface area contributed by atoms with E-state index in [1.807, 2.05) is 30.0 Å². The molecule has 0 aliphatic carbocycles. The highest BCUT2D eigenvalue weighted by molar-refractivity contribution is 5.73. The second kappa shape index (κ2) is 9.08. The van der Waals surface area contributed by atoms with Crippen molar-refractivity contribution in [3.8, 4) is 17.2 Å². The quantitative estimate of drug-likeness (QED) is 0.656. The molecule has 0 N–H and O–H groups in total. The molecule has 0 saturated carbocycles. The third-order valence-corrected chi connectivity index (χ3v) is 3.82. The van der Waals surface area contributed by atoms with Crippen molar-refractivity contribution in [2.24, 2.45) is 0 Å². The van der Waals surface area contributed by atoms with Crippen LogP contribution in [0, 0.1) is 0 Å². The summed E-state index contributed by atoms with van der Waals surface area (Å²) in [5.74, 6) is 1.86. The van der Waals surface area contributed by atoms with Crippen LogP contribution in [0.4, 0.5) is 0 Å². The number of rotatable bonds is 9. The van der Waals surface area contributed by atoms with E-state index in [4.69, 9.17) is 14.2 Å². The minimum absolute atomic E-state index is 0.0535. The van der Waals surface area contributed by atoms with E-state index in [0.29, 0.717) is 30.2 Å². The molecule has 1 amide bonds. The highest BCUT2D eigenvalue weighted by Crippen LogP contribution is 2.38. The molecule has 0 saturated heterocycles. The van der Waals surface area contributed by atoms with Gasteiger partial charge >= 0.3 is 0 Å². The fourth-order valence-electron chi connectivity index (χ4n) is 2.78. The fraction of sp³-hybridized carbons (Fsp3) is 0.500. The van der Waals surface area contributed by atoms with Crippen LogP contribution in [-0.2, 0) is 11.2 Å². The molecule has 1 atom stereocenters. The lowest BCUT2D eigenvalue weighted by Crippen LogP contribution is -2.39.